The molecule has 1 unspecified atom stereocenters. The van der Waals surface area contributed by atoms with Crippen molar-refractivity contribution in [3.63, 3.8) is 0 Å². The van der Waals surface area contributed by atoms with Crippen LogP contribution < -0.4 is 0 Å². The summed E-state index contributed by atoms with van der Waals surface area (Å²) < 4.78 is 0. The Kier molecular flexibility index (Phi) is 2.20. The molecule has 0 bridgehead atoms. The molecule has 0 aromatic heterocycles. The van der Waals surface area contributed by atoms with Gasteiger partial charge >= 0.3 is 0 Å². The van der Waals surface area contributed by atoms with Crippen molar-refractivity contribution in [2.75, 3.05) is 13.1 Å². The van der Waals surface area contributed by atoms with Crippen LogP contribution in [0, 0.1) is 0 Å². The maximum atomic E-state index is 9.16. The van der Waals surface area contributed by atoms with Crippen LogP contribution in [0.3, 0.4) is 0 Å². The van der Waals surface area contributed by atoms with E-state index < -0.39 is 0 Å². The predicted octanol–water partition coefficient (Wildman–Crippen LogP) is 1.16. The Labute approximate surface area is 73.9 Å². The molecule has 1 atom stereocenters. The maximum Gasteiger partial charge on any atom is 0.0695 e. The van der Waals surface area contributed by atoms with Crippen LogP contribution in [0.2, 0.25) is 0 Å². The topological polar surface area (TPSA) is 23.5 Å². The van der Waals surface area contributed by atoms with Crippen molar-refractivity contribution in [1.82, 2.24) is 4.90 Å². The Morgan fingerprint density at radius 3 is 2.92 bits per heavy atom. The fourth-order valence-electron chi connectivity index (χ4n) is 1.93. The summed E-state index contributed by atoms with van der Waals surface area (Å²) in [6.45, 7) is 4.14. The van der Waals surface area contributed by atoms with Crippen LogP contribution in [0.25, 0.3) is 0 Å². The van der Waals surface area contributed by atoms with Crippen LogP contribution >= 0.6 is 0 Å². The molecule has 0 aromatic rings. The molecule has 0 aromatic carbocycles. The zero-order chi connectivity index (χ0) is 8.55. The first-order valence-electron chi connectivity index (χ1n) is 4.87. The summed E-state index contributed by atoms with van der Waals surface area (Å²) in [5.74, 6) is 0. The summed E-state index contributed by atoms with van der Waals surface area (Å²) in [7, 11) is 0. The molecule has 2 nitrogen and oxygen atoms in total. The van der Waals surface area contributed by atoms with Crippen LogP contribution in [-0.4, -0.2) is 35.2 Å². The number of nitrogens with zero attached hydrogens (tertiary/aromatic N) is 1. The Bertz CT molecular complexity index is 194. The zero-order valence-corrected chi connectivity index (χ0v) is 7.66. The van der Waals surface area contributed by atoms with Gasteiger partial charge < -0.3 is 5.11 Å². The van der Waals surface area contributed by atoms with E-state index in [1.165, 1.54) is 31.4 Å². The molecule has 2 aliphatic rings. The number of hydrogen-bond acceptors (Lipinski definition) is 2. The maximum absolute atomic E-state index is 9.16. The van der Waals surface area contributed by atoms with Crippen molar-refractivity contribution in [3.8, 4) is 0 Å². The first-order chi connectivity index (χ1) is 5.75. The quantitative estimate of drug-likeness (QED) is 0.624. The van der Waals surface area contributed by atoms with Crippen molar-refractivity contribution in [2.45, 2.75) is 38.3 Å². The normalized spacial score (nSPS) is 31.3. The van der Waals surface area contributed by atoms with Gasteiger partial charge in [0.1, 0.15) is 0 Å². The molecular formula is C10H17NO. The van der Waals surface area contributed by atoms with Crippen LogP contribution in [0.1, 0.15) is 26.2 Å². The van der Waals surface area contributed by atoms with Crippen LogP contribution in [0.15, 0.2) is 11.6 Å². The molecule has 1 N–H and O–H groups in total. The van der Waals surface area contributed by atoms with Gasteiger partial charge in [-0.15, -0.1) is 0 Å². The number of aliphatic hydroxyl groups excluding tert-OH is 1. The molecule has 2 heteroatoms. The molecular weight excluding hydrogens is 150 g/mol. The van der Waals surface area contributed by atoms with Crippen molar-refractivity contribution < 1.29 is 5.11 Å². The number of rotatable bonds is 2. The average molecular weight is 167 g/mol. The monoisotopic (exact) mass is 167 g/mol. The Morgan fingerprint density at radius 1 is 1.58 bits per heavy atom. The molecule has 1 aliphatic heterocycles. The van der Waals surface area contributed by atoms with Gasteiger partial charge in [-0.2, -0.15) is 0 Å². The van der Waals surface area contributed by atoms with E-state index in [-0.39, 0.29) is 6.10 Å². The summed E-state index contributed by atoms with van der Waals surface area (Å²) in [6, 6.07) is 0.880. The van der Waals surface area contributed by atoms with Crippen LogP contribution in [-0.2, 0) is 0 Å². The lowest BCUT2D eigenvalue weighted by Crippen LogP contribution is -2.21. The van der Waals surface area contributed by atoms with Crippen molar-refractivity contribution in [3.05, 3.63) is 11.6 Å². The third-order valence-electron chi connectivity index (χ3n) is 2.67. The predicted molar refractivity (Wildman–Crippen MR) is 49.0 cm³/mol. The lowest BCUT2D eigenvalue weighted by atomic mass is 10.2. The smallest absolute Gasteiger partial charge is 0.0695 e. The zero-order valence-electron chi connectivity index (χ0n) is 7.66. The first kappa shape index (κ1) is 8.27. The van der Waals surface area contributed by atoms with E-state index in [0.717, 1.165) is 12.6 Å². The van der Waals surface area contributed by atoms with E-state index in [9.17, 15) is 0 Å². The second-order valence-corrected chi connectivity index (χ2v) is 4.02. The average Bonchev–Trinajstić information content (AvgIpc) is 2.73. The minimum atomic E-state index is -0.265. The van der Waals surface area contributed by atoms with Gasteiger partial charge in [-0.3, -0.25) is 4.90 Å². The van der Waals surface area contributed by atoms with E-state index >= 15 is 0 Å². The highest BCUT2D eigenvalue weighted by atomic mass is 16.3. The van der Waals surface area contributed by atoms with Crippen molar-refractivity contribution >= 4 is 0 Å². The third kappa shape index (κ3) is 1.87. The lowest BCUT2D eigenvalue weighted by Gasteiger charge is -2.11. The lowest BCUT2D eigenvalue weighted by molar-refractivity contribution is 0.242. The molecule has 0 spiro atoms. The largest absolute Gasteiger partial charge is 0.389 e. The Morgan fingerprint density at radius 2 is 2.33 bits per heavy atom. The molecule has 0 amide bonds. The Hall–Kier alpha value is -0.340. The molecule has 1 saturated carbocycles. The summed E-state index contributed by atoms with van der Waals surface area (Å²) in [6.07, 6.45) is 5.69. The van der Waals surface area contributed by atoms with Crippen LogP contribution in [0.5, 0.6) is 0 Å². The second-order valence-electron chi connectivity index (χ2n) is 4.02. The minimum absolute atomic E-state index is 0.265. The molecule has 0 radical (unpaired) electrons. The second kappa shape index (κ2) is 3.19. The van der Waals surface area contributed by atoms with Gasteiger partial charge in [0.15, 0.2) is 0 Å². The highest BCUT2D eigenvalue weighted by Gasteiger charge is 2.31. The van der Waals surface area contributed by atoms with Gasteiger partial charge in [-0.05, 0) is 26.2 Å². The summed E-state index contributed by atoms with van der Waals surface area (Å²) >= 11 is 0. The van der Waals surface area contributed by atoms with E-state index in [1.807, 2.05) is 13.0 Å². The number of aliphatic hydroxyl groups is 1. The van der Waals surface area contributed by atoms with Gasteiger partial charge in [0.25, 0.3) is 0 Å². The molecule has 68 valence electrons. The van der Waals surface area contributed by atoms with E-state index in [1.54, 1.807) is 0 Å². The fourth-order valence-corrected chi connectivity index (χ4v) is 1.93. The molecule has 2 fully saturated rings. The van der Waals surface area contributed by atoms with Crippen molar-refractivity contribution in [1.29, 1.82) is 0 Å². The minimum Gasteiger partial charge on any atom is -0.389 e. The van der Waals surface area contributed by atoms with E-state index in [0.29, 0.717) is 0 Å². The van der Waals surface area contributed by atoms with Gasteiger partial charge in [0.2, 0.25) is 0 Å². The fraction of sp³-hybridized carbons (Fsp3) is 0.800. The highest BCUT2D eigenvalue weighted by molar-refractivity contribution is 5.13. The van der Waals surface area contributed by atoms with Gasteiger partial charge in [0, 0.05) is 19.1 Å². The molecule has 2 rings (SSSR count). The Balaban J connectivity index is 1.88. The SMILES string of the molecule is CC(O)/C=C1/CCN(C2CC2)C1. The van der Waals surface area contributed by atoms with Crippen LogP contribution in [0.4, 0.5) is 0 Å². The van der Waals surface area contributed by atoms with E-state index in [4.69, 9.17) is 5.11 Å². The summed E-state index contributed by atoms with van der Waals surface area (Å²) in [5, 5.41) is 9.16. The molecule has 1 aliphatic carbocycles. The van der Waals surface area contributed by atoms with E-state index in [2.05, 4.69) is 4.90 Å². The summed E-state index contributed by atoms with van der Waals surface area (Å²) in [5.41, 5.74) is 1.43. The summed E-state index contributed by atoms with van der Waals surface area (Å²) in [4.78, 5) is 2.54. The number of hydrogen-bond donors (Lipinski definition) is 1. The number of likely N-dealkylation sites (tertiary alicyclic amines) is 1. The standard InChI is InChI=1S/C10H17NO/c1-8(12)6-9-4-5-11(7-9)10-2-3-10/h6,8,10,12H,2-5,7H2,1H3/b9-6-. The molecule has 12 heavy (non-hydrogen) atoms. The highest BCUT2D eigenvalue weighted by Crippen LogP contribution is 2.31. The van der Waals surface area contributed by atoms with Gasteiger partial charge in [-0.1, -0.05) is 11.6 Å². The van der Waals surface area contributed by atoms with Gasteiger partial charge in [-0.25, -0.2) is 0 Å². The molecule has 1 heterocycles. The van der Waals surface area contributed by atoms with Gasteiger partial charge in [0.05, 0.1) is 6.10 Å². The third-order valence-corrected chi connectivity index (χ3v) is 2.67. The molecule has 1 saturated heterocycles. The first-order valence-corrected chi connectivity index (χ1v) is 4.87. The van der Waals surface area contributed by atoms with Crippen molar-refractivity contribution in [2.24, 2.45) is 0 Å².